The van der Waals surface area contributed by atoms with E-state index in [1.807, 2.05) is 30.1 Å². The molecule has 2 heterocycles. The third-order valence-corrected chi connectivity index (χ3v) is 4.42. The van der Waals surface area contributed by atoms with Crippen LogP contribution in [0.25, 0.3) is 10.9 Å². The molecule has 94 valence electrons. The summed E-state index contributed by atoms with van der Waals surface area (Å²) in [6.07, 6.45) is 4.60. The molecule has 1 aromatic carbocycles. The van der Waals surface area contributed by atoms with Crippen LogP contribution >= 0.6 is 11.8 Å². The monoisotopic (exact) mass is 260 g/mol. The predicted molar refractivity (Wildman–Crippen MR) is 75.9 cm³/mol. The Morgan fingerprint density at radius 3 is 3.17 bits per heavy atom. The van der Waals surface area contributed by atoms with Gasteiger partial charge in [0.25, 0.3) is 0 Å². The largest absolute Gasteiger partial charge is 0.397 e. The maximum absolute atomic E-state index is 5.95. The van der Waals surface area contributed by atoms with E-state index in [1.54, 1.807) is 0 Å². The molecule has 1 saturated heterocycles. The lowest BCUT2D eigenvalue weighted by Crippen LogP contribution is -2.07. The number of aromatic nitrogens is 1. The van der Waals surface area contributed by atoms with E-state index in [9.17, 15) is 0 Å². The Balaban J connectivity index is 1.85. The highest BCUT2D eigenvalue weighted by Gasteiger charge is 2.16. The highest BCUT2D eigenvalue weighted by Crippen LogP contribution is 2.31. The summed E-state index contributed by atoms with van der Waals surface area (Å²) in [6, 6.07) is 8.01. The highest BCUT2D eigenvalue weighted by atomic mass is 32.2. The van der Waals surface area contributed by atoms with Crippen molar-refractivity contribution < 1.29 is 4.74 Å². The van der Waals surface area contributed by atoms with Crippen LogP contribution in [0.2, 0.25) is 0 Å². The van der Waals surface area contributed by atoms with Gasteiger partial charge in [0.15, 0.2) is 0 Å². The Hall–Kier alpha value is -1.26. The second kappa shape index (κ2) is 5.16. The van der Waals surface area contributed by atoms with E-state index >= 15 is 0 Å². The summed E-state index contributed by atoms with van der Waals surface area (Å²) in [5, 5.41) is 1.14. The van der Waals surface area contributed by atoms with Crippen molar-refractivity contribution in [3.63, 3.8) is 0 Å². The number of para-hydroxylation sites is 1. The van der Waals surface area contributed by atoms with Crippen LogP contribution < -0.4 is 5.73 Å². The number of ether oxygens (including phenoxy) is 1. The summed E-state index contributed by atoms with van der Waals surface area (Å²) in [4.78, 5) is 5.59. The Kier molecular flexibility index (Phi) is 3.39. The number of nitrogens with zero attached hydrogens (tertiary/aromatic N) is 1. The molecule has 2 N–H and O–H groups in total. The number of hydrogen-bond acceptors (Lipinski definition) is 4. The van der Waals surface area contributed by atoms with Gasteiger partial charge in [0.1, 0.15) is 0 Å². The zero-order chi connectivity index (χ0) is 12.4. The summed E-state index contributed by atoms with van der Waals surface area (Å²) in [7, 11) is 0. The zero-order valence-electron chi connectivity index (χ0n) is 10.1. The number of nitrogens with two attached hydrogens (primary N) is 1. The van der Waals surface area contributed by atoms with Gasteiger partial charge >= 0.3 is 0 Å². The lowest BCUT2D eigenvalue weighted by atomic mass is 10.2. The number of thioether (sulfide) groups is 1. The van der Waals surface area contributed by atoms with Gasteiger partial charge in [-0.3, -0.25) is 4.98 Å². The smallest absolute Gasteiger partial charge is 0.0942 e. The molecule has 3 nitrogen and oxygen atoms in total. The van der Waals surface area contributed by atoms with Crippen LogP contribution in [-0.2, 0) is 4.74 Å². The summed E-state index contributed by atoms with van der Waals surface area (Å²) in [6.45, 7) is 0.912. The molecule has 1 unspecified atom stereocenters. The van der Waals surface area contributed by atoms with Gasteiger partial charge in [-0.05, 0) is 25.0 Å². The molecule has 3 rings (SSSR count). The molecule has 0 saturated carbocycles. The Morgan fingerprint density at radius 1 is 1.39 bits per heavy atom. The molecule has 1 atom stereocenters. The van der Waals surface area contributed by atoms with Crippen molar-refractivity contribution in [3.8, 4) is 0 Å². The molecule has 0 radical (unpaired) electrons. The fourth-order valence-electron chi connectivity index (χ4n) is 2.26. The van der Waals surface area contributed by atoms with E-state index in [2.05, 4.69) is 17.1 Å². The first-order valence-electron chi connectivity index (χ1n) is 6.22. The van der Waals surface area contributed by atoms with Crippen LogP contribution in [0.5, 0.6) is 0 Å². The van der Waals surface area contributed by atoms with Gasteiger partial charge < -0.3 is 10.5 Å². The Bertz CT molecular complexity index is 552. The van der Waals surface area contributed by atoms with Crippen LogP contribution in [0, 0.1) is 0 Å². The molecule has 1 aliphatic rings. The van der Waals surface area contributed by atoms with E-state index < -0.39 is 0 Å². The first kappa shape index (κ1) is 11.8. The molecule has 1 fully saturated rings. The molecule has 0 spiro atoms. The molecule has 0 bridgehead atoms. The van der Waals surface area contributed by atoms with Crippen molar-refractivity contribution in [2.75, 3.05) is 18.1 Å². The van der Waals surface area contributed by atoms with Crippen molar-refractivity contribution in [2.45, 2.75) is 23.8 Å². The maximum atomic E-state index is 5.95. The van der Waals surface area contributed by atoms with Crippen LogP contribution in [-0.4, -0.2) is 23.4 Å². The number of anilines is 1. The number of pyridine rings is 1. The van der Waals surface area contributed by atoms with E-state index in [4.69, 9.17) is 10.5 Å². The van der Waals surface area contributed by atoms with Gasteiger partial charge in [0, 0.05) is 28.8 Å². The van der Waals surface area contributed by atoms with Gasteiger partial charge in [0.05, 0.1) is 17.3 Å². The van der Waals surface area contributed by atoms with Crippen LogP contribution in [0.15, 0.2) is 35.4 Å². The zero-order valence-corrected chi connectivity index (χ0v) is 11.0. The molecule has 0 amide bonds. The standard InChI is InChI=1S/C14H16N2OS/c15-12-5-1-4-11-13(6-7-16-14(11)12)18-9-10-3-2-8-17-10/h1,4-7,10H,2-3,8-9,15H2. The van der Waals surface area contributed by atoms with Crippen molar-refractivity contribution >= 4 is 28.4 Å². The number of benzene rings is 1. The predicted octanol–water partition coefficient (Wildman–Crippen LogP) is 3.09. The fraction of sp³-hybridized carbons (Fsp3) is 0.357. The average Bonchev–Trinajstić information content (AvgIpc) is 2.90. The van der Waals surface area contributed by atoms with Crippen molar-refractivity contribution in [1.82, 2.24) is 4.98 Å². The van der Waals surface area contributed by atoms with Crippen molar-refractivity contribution in [3.05, 3.63) is 30.5 Å². The second-order valence-corrected chi connectivity index (χ2v) is 5.56. The molecule has 1 aliphatic heterocycles. The summed E-state index contributed by atoms with van der Waals surface area (Å²) in [5.41, 5.74) is 7.59. The minimum Gasteiger partial charge on any atom is -0.397 e. The summed E-state index contributed by atoms with van der Waals surface area (Å²) >= 11 is 1.84. The van der Waals surface area contributed by atoms with Crippen LogP contribution in [0.3, 0.4) is 0 Å². The molecule has 2 aromatic rings. The first-order valence-corrected chi connectivity index (χ1v) is 7.21. The van der Waals surface area contributed by atoms with Crippen molar-refractivity contribution in [2.24, 2.45) is 0 Å². The number of rotatable bonds is 3. The minimum absolute atomic E-state index is 0.402. The number of fused-ring (bicyclic) bond motifs is 1. The number of nitrogen functional groups attached to an aromatic ring is 1. The second-order valence-electron chi connectivity index (χ2n) is 4.50. The topological polar surface area (TPSA) is 48.1 Å². The van der Waals surface area contributed by atoms with Gasteiger partial charge in [-0.1, -0.05) is 12.1 Å². The molecule has 4 heteroatoms. The fourth-order valence-corrected chi connectivity index (χ4v) is 3.36. The average molecular weight is 260 g/mol. The number of hydrogen-bond donors (Lipinski definition) is 1. The van der Waals surface area contributed by atoms with Gasteiger partial charge in [-0.25, -0.2) is 0 Å². The van der Waals surface area contributed by atoms with E-state index in [1.165, 1.54) is 17.7 Å². The lowest BCUT2D eigenvalue weighted by molar-refractivity contribution is 0.129. The first-order chi connectivity index (χ1) is 8.84. The third kappa shape index (κ3) is 2.31. The molecular formula is C14H16N2OS. The summed E-state index contributed by atoms with van der Waals surface area (Å²) in [5.74, 6) is 1.01. The van der Waals surface area contributed by atoms with Crippen LogP contribution in [0.1, 0.15) is 12.8 Å². The lowest BCUT2D eigenvalue weighted by Gasteiger charge is -2.10. The maximum Gasteiger partial charge on any atom is 0.0942 e. The van der Waals surface area contributed by atoms with E-state index in [0.29, 0.717) is 6.10 Å². The molecular weight excluding hydrogens is 244 g/mol. The highest BCUT2D eigenvalue weighted by molar-refractivity contribution is 7.99. The molecule has 1 aromatic heterocycles. The van der Waals surface area contributed by atoms with Gasteiger partial charge in [-0.15, -0.1) is 11.8 Å². The Morgan fingerprint density at radius 2 is 2.33 bits per heavy atom. The third-order valence-electron chi connectivity index (χ3n) is 3.21. The Labute approximate surface area is 111 Å². The van der Waals surface area contributed by atoms with E-state index in [0.717, 1.165) is 29.0 Å². The minimum atomic E-state index is 0.402. The van der Waals surface area contributed by atoms with Gasteiger partial charge in [-0.2, -0.15) is 0 Å². The van der Waals surface area contributed by atoms with Crippen molar-refractivity contribution in [1.29, 1.82) is 0 Å². The summed E-state index contributed by atoms with van der Waals surface area (Å²) < 4.78 is 5.65. The quantitative estimate of drug-likeness (QED) is 0.680. The van der Waals surface area contributed by atoms with Gasteiger partial charge in [0.2, 0.25) is 0 Å². The molecule has 18 heavy (non-hydrogen) atoms. The SMILES string of the molecule is Nc1cccc2c(SCC3CCCO3)ccnc12. The van der Waals surface area contributed by atoms with E-state index in [-0.39, 0.29) is 0 Å². The molecule has 0 aliphatic carbocycles. The van der Waals surface area contributed by atoms with Crippen LogP contribution in [0.4, 0.5) is 5.69 Å². The normalized spacial score (nSPS) is 19.4.